The van der Waals surface area contributed by atoms with Crippen LogP contribution in [-0.2, 0) is 14.8 Å². The number of amides is 1. The lowest BCUT2D eigenvalue weighted by Crippen LogP contribution is -2.36. The van der Waals surface area contributed by atoms with Crippen LogP contribution in [0.1, 0.15) is 0 Å². The van der Waals surface area contributed by atoms with E-state index in [0.717, 1.165) is 0 Å². The minimum absolute atomic E-state index is 0.0123. The molecule has 0 saturated carbocycles. The largest absolute Gasteiger partial charge is 0.454 e. The SMILES string of the molecule is C=CCNC(=O)CNS(=O)(=O)c1ccc2c(c1)OCO2. The fourth-order valence-electron chi connectivity index (χ4n) is 1.54. The van der Waals surface area contributed by atoms with Gasteiger partial charge in [-0.2, -0.15) is 0 Å². The van der Waals surface area contributed by atoms with Gasteiger partial charge in [-0.05, 0) is 12.1 Å². The zero-order valence-electron chi connectivity index (χ0n) is 10.6. The summed E-state index contributed by atoms with van der Waals surface area (Å²) in [7, 11) is -3.77. The monoisotopic (exact) mass is 298 g/mol. The van der Waals surface area contributed by atoms with Crippen molar-refractivity contribution in [2.45, 2.75) is 4.90 Å². The topological polar surface area (TPSA) is 93.7 Å². The van der Waals surface area contributed by atoms with Gasteiger partial charge in [-0.25, -0.2) is 13.1 Å². The zero-order valence-corrected chi connectivity index (χ0v) is 11.4. The van der Waals surface area contributed by atoms with E-state index in [1.54, 1.807) is 0 Å². The summed E-state index contributed by atoms with van der Waals surface area (Å²) in [6.07, 6.45) is 1.50. The number of benzene rings is 1. The van der Waals surface area contributed by atoms with Crippen molar-refractivity contribution in [2.75, 3.05) is 19.9 Å². The van der Waals surface area contributed by atoms with E-state index in [1.165, 1.54) is 24.3 Å². The quantitative estimate of drug-likeness (QED) is 0.721. The summed E-state index contributed by atoms with van der Waals surface area (Å²) in [6.45, 7) is 3.45. The van der Waals surface area contributed by atoms with Crippen molar-refractivity contribution in [3.05, 3.63) is 30.9 Å². The molecule has 1 aliphatic heterocycles. The number of hydrogen-bond acceptors (Lipinski definition) is 5. The number of nitrogens with one attached hydrogen (secondary N) is 2. The Hall–Kier alpha value is -2.06. The molecule has 0 fully saturated rings. The number of hydrogen-bond donors (Lipinski definition) is 2. The van der Waals surface area contributed by atoms with Crippen LogP contribution < -0.4 is 19.5 Å². The van der Waals surface area contributed by atoms with Gasteiger partial charge in [0, 0.05) is 12.6 Å². The van der Waals surface area contributed by atoms with E-state index in [9.17, 15) is 13.2 Å². The molecule has 0 bridgehead atoms. The Kier molecular flexibility index (Phi) is 4.26. The van der Waals surface area contributed by atoms with Crippen LogP contribution in [-0.4, -0.2) is 34.2 Å². The van der Waals surface area contributed by atoms with E-state index in [0.29, 0.717) is 11.5 Å². The number of sulfonamides is 1. The molecule has 0 aliphatic carbocycles. The van der Waals surface area contributed by atoms with Gasteiger partial charge in [-0.1, -0.05) is 6.08 Å². The average molecular weight is 298 g/mol. The molecule has 8 heteroatoms. The molecule has 7 nitrogen and oxygen atoms in total. The van der Waals surface area contributed by atoms with Crippen molar-refractivity contribution in [1.82, 2.24) is 10.0 Å². The van der Waals surface area contributed by atoms with Crippen molar-refractivity contribution >= 4 is 15.9 Å². The van der Waals surface area contributed by atoms with Crippen LogP contribution >= 0.6 is 0 Å². The number of rotatable bonds is 6. The summed E-state index contributed by atoms with van der Waals surface area (Å²) >= 11 is 0. The highest BCUT2D eigenvalue weighted by atomic mass is 32.2. The predicted molar refractivity (Wildman–Crippen MR) is 71.0 cm³/mol. The van der Waals surface area contributed by atoms with E-state index >= 15 is 0 Å². The Morgan fingerprint density at radius 1 is 1.35 bits per heavy atom. The van der Waals surface area contributed by atoms with E-state index in [2.05, 4.69) is 16.6 Å². The van der Waals surface area contributed by atoms with Gasteiger partial charge in [0.1, 0.15) is 0 Å². The minimum atomic E-state index is -3.77. The lowest BCUT2D eigenvalue weighted by atomic mass is 10.3. The predicted octanol–water partition coefficient (Wildman–Crippen LogP) is -0.00420. The van der Waals surface area contributed by atoms with Crippen molar-refractivity contribution < 1.29 is 22.7 Å². The summed E-state index contributed by atoms with van der Waals surface area (Å²) in [6, 6.07) is 4.25. The van der Waals surface area contributed by atoms with Crippen LogP contribution in [0, 0.1) is 0 Å². The first-order valence-electron chi connectivity index (χ1n) is 5.80. The fourth-order valence-corrected chi connectivity index (χ4v) is 2.53. The summed E-state index contributed by atoms with van der Waals surface area (Å²) in [5.74, 6) is 0.422. The molecule has 0 unspecified atom stereocenters. The van der Waals surface area contributed by atoms with E-state index < -0.39 is 15.9 Å². The van der Waals surface area contributed by atoms with Gasteiger partial charge in [0.25, 0.3) is 0 Å². The normalized spacial score (nSPS) is 13.0. The van der Waals surface area contributed by atoms with Gasteiger partial charge >= 0.3 is 0 Å². The molecule has 1 aliphatic rings. The summed E-state index contributed by atoms with van der Waals surface area (Å²) in [5.41, 5.74) is 0. The number of ether oxygens (including phenoxy) is 2. The van der Waals surface area contributed by atoms with Gasteiger partial charge in [-0.3, -0.25) is 4.79 Å². The number of carbonyl (C=O) groups is 1. The first kappa shape index (κ1) is 14.4. The average Bonchev–Trinajstić information content (AvgIpc) is 2.90. The van der Waals surface area contributed by atoms with Gasteiger partial charge in [0.2, 0.25) is 22.7 Å². The molecule has 0 aromatic heterocycles. The van der Waals surface area contributed by atoms with E-state index in [4.69, 9.17) is 9.47 Å². The molecule has 2 rings (SSSR count). The molecule has 2 N–H and O–H groups in total. The highest BCUT2D eigenvalue weighted by Crippen LogP contribution is 2.33. The third-order valence-electron chi connectivity index (χ3n) is 2.52. The van der Waals surface area contributed by atoms with Crippen LogP contribution in [0.3, 0.4) is 0 Å². The van der Waals surface area contributed by atoms with E-state index in [1.807, 2.05) is 0 Å². The second-order valence-electron chi connectivity index (χ2n) is 3.93. The zero-order chi connectivity index (χ0) is 14.6. The molecular weight excluding hydrogens is 284 g/mol. The van der Waals surface area contributed by atoms with Gasteiger partial charge in [0.15, 0.2) is 11.5 Å². The lowest BCUT2D eigenvalue weighted by Gasteiger charge is -2.07. The first-order valence-corrected chi connectivity index (χ1v) is 7.28. The summed E-state index contributed by atoms with van der Waals surface area (Å²) in [4.78, 5) is 11.3. The highest BCUT2D eigenvalue weighted by molar-refractivity contribution is 7.89. The molecule has 1 heterocycles. The summed E-state index contributed by atoms with van der Waals surface area (Å²) in [5, 5.41) is 2.47. The van der Waals surface area contributed by atoms with Crippen LogP contribution in [0.15, 0.2) is 35.7 Å². The van der Waals surface area contributed by atoms with Gasteiger partial charge < -0.3 is 14.8 Å². The van der Waals surface area contributed by atoms with Crippen molar-refractivity contribution in [3.63, 3.8) is 0 Å². The number of carbonyl (C=O) groups excluding carboxylic acids is 1. The van der Waals surface area contributed by atoms with Gasteiger partial charge in [-0.15, -0.1) is 6.58 Å². The van der Waals surface area contributed by atoms with Crippen LogP contribution in [0.25, 0.3) is 0 Å². The second kappa shape index (κ2) is 5.93. The van der Waals surface area contributed by atoms with Gasteiger partial charge in [0.05, 0.1) is 11.4 Å². The lowest BCUT2D eigenvalue weighted by molar-refractivity contribution is -0.119. The standard InChI is InChI=1S/C12H14N2O5S/c1-2-5-13-12(15)7-14-20(16,17)9-3-4-10-11(6-9)19-8-18-10/h2-4,6,14H,1,5,7-8H2,(H,13,15). The third kappa shape index (κ3) is 3.28. The van der Waals surface area contributed by atoms with Crippen molar-refractivity contribution in [3.8, 4) is 11.5 Å². The third-order valence-corrected chi connectivity index (χ3v) is 3.92. The molecule has 0 spiro atoms. The molecule has 0 saturated heterocycles. The molecule has 20 heavy (non-hydrogen) atoms. The Bertz CT molecular complexity index is 627. The Morgan fingerprint density at radius 3 is 2.85 bits per heavy atom. The first-order chi connectivity index (χ1) is 9.53. The Labute approximate surface area is 116 Å². The van der Waals surface area contributed by atoms with E-state index in [-0.39, 0.29) is 24.8 Å². The maximum absolute atomic E-state index is 12.0. The highest BCUT2D eigenvalue weighted by Gasteiger charge is 2.20. The molecule has 0 radical (unpaired) electrons. The minimum Gasteiger partial charge on any atom is -0.454 e. The molecule has 1 amide bonds. The summed E-state index contributed by atoms with van der Waals surface area (Å²) < 4.78 is 36.4. The molecule has 1 aromatic carbocycles. The van der Waals surface area contributed by atoms with Crippen LogP contribution in [0.4, 0.5) is 0 Å². The van der Waals surface area contributed by atoms with Crippen LogP contribution in [0.2, 0.25) is 0 Å². The Balaban J connectivity index is 2.03. The second-order valence-corrected chi connectivity index (χ2v) is 5.70. The fraction of sp³-hybridized carbons (Fsp3) is 0.250. The molecular formula is C12H14N2O5S. The van der Waals surface area contributed by atoms with Crippen molar-refractivity contribution in [1.29, 1.82) is 0 Å². The maximum Gasteiger partial charge on any atom is 0.241 e. The van der Waals surface area contributed by atoms with Crippen molar-refractivity contribution in [2.24, 2.45) is 0 Å². The number of fused-ring (bicyclic) bond motifs is 1. The van der Waals surface area contributed by atoms with Crippen LogP contribution in [0.5, 0.6) is 11.5 Å². The molecule has 1 aromatic rings. The maximum atomic E-state index is 12.0. The smallest absolute Gasteiger partial charge is 0.241 e. The Morgan fingerprint density at radius 2 is 2.10 bits per heavy atom. The molecule has 108 valence electrons. The molecule has 0 atom stereocenters.